The zero-order valence-corrected chi connectivity index (χ0v) is 22.7. The SMILES string of the molecule is C#CC(=O)N(C)c1cc2c(NC3=CC(C)=C(OCC4=NC=CCC4)CC3)c(C#N)cnc2cc1OC1CCOC1. The molecule has 1 N–H and O–H groups in total. The second kappa shape index (κ2) is 12.1. The van der Waals surface area contributed by atoms with Crippen LogP contribution in [0, 0.1) is 23.7 Å². The molecule has 2 aromatic rings. The number of nitrogens with zero attached hydrogens (tertiary/aromatic N) is 4. The van der Waals surface area contributed by atoms with Crippen molar-refractivity contribution in [1.29, 1.82) is 5.26 Å². The van der Waals surface area contributed by atoms with Gasteiger partial charge in [0.1, 0.15) is 24.5 Å². The van der Waals surface area contributed by atoms with Gasteiger partial charge in [-0.15, -0.1) is 6.42 Å². The summed E-state index contributed by atoms with van der Waals surface area (Å²) in [7, 11) is 1.60. The van der Waals surface area contributed by atoms with Gasteiger partial charge >= 0.3 is 5.91 Å². The summed E-state index contributed by atoms with van der Waals surface area (Å²) in [6.45, 7) is 3.59. The van der Waals surface area contributed by atoms with E-state index in [-0.39, 0.29) is 6.10 Å². The first-order chi connectivity index (χ1) is 19.5. The molecule has 5 rings (SSSR count). The fraction of sp³-hybridized carbons (Fsp3) is 0.355. The average molecular weight is 538 g/mol. The number of pyridine rings is 1. The summed E-state index contributed by atoms with van der Waals surface area (Å²) in [5.41, 5.74) is 5.12. The van der Waals surface area contributed by atoms with Gasteiger partial charge in [-0.2, -0.15) is 5.26 Å². The van der Waals surface area contributed by atoms with Crippen LogP contribution >= 0.6 is 0 Å². The number of aliphatic imine (C=N–C) groups is 1. The molecule has 3 heterocycles. The maximum absolute atomic E-state index is 12.5. The Morgan fingerprint density at radius 3 is 2.90 bits per heavy atom. The Bertz CT molecular complexity index is 1530. The summed E-state index contributed by atoms with van der Waals surface area (Å²) in [6.07, 6.45) is 16.9. The molecular weight excluding hydrogens is 506 g/mol. The summed E-state index contributed by atoms with van der Waals surface area (Å²) in [5.74, 6) is 3.07. The summed E-state index contributed by atoms with van der Waals surface area (Å²) >= 11 is 0. The van der Waals surface area contributed by atoms with Gasteiger partial charge in [0.15, 0.2) is 0 Å². The molecular formula is C31H31N5O4. The van der Waals surface area contributed by atoms with Crippen molar-refractivity contribution in [1.82, 2.24) is 4.98 Å². The number of terminal acetylenes is 1. The smallest absolute Gasteiger partial charge is 0.302 e. The van der Waals surface area contributed by atoms with Crippen molar-refractivity contribution >= 4 is 33.9 Å². The lowest BCUT2D eigenvalue weighted by Gasteiger charge is -2.24. The third-order valence-electron chi connectivity index (χ3n) is 7.15. The molecule has 3 aliphatic rings. The number of benzene rings is 1. The first-order valence-electron chi connectivity index (χ1n) is 13.3. The molecule has 0 saturated carbocycles. The monoisotopic (exact) mass is 537 g/mol. The topological polar surface area (TPSA) is 109 Å². The second-order valence-electron chi connectivity index (χ2n) is 9.92. The molecule has 0 bridgehead atoms. The number of fused-ring (bicyclic) bond motifs is 1. The normalized spacial score (nSPS) is 18.4. The highest BCUT2D eigenvalue weighted by Gasteiger charge is 2.24. The van der Waals surface area contributed by atoms with Crippen LogP contribution in [0.25, 0.3) is 10.9 Å². The van der Waals surface area contributed by atoms with E-state index in [1.165, 1.54) is 4.90 Å². The number of carbonyl (C=O) groups is 1. The van der Waals surface area contributed by atoms with Crippen molar-refractivity contribution in [2.75, 3.05) is 37.1 Å². The van der Waals surface area contributed by atoms with Crippen LogP contribution < -0.4 is 15.0 Å². The number of nitriles is 1. The zero-order valence-electron chi connectivity index (χ0n) is 22.7. The van der Waals surface area contributed by atoms with Gasteiger partial charge in [-0.05, 0) is 49.8 Å². The van der Waals surface area contributed by atoms with Crippen molar-refractivity contribution in [3.8, 4) is 24.2 Å². The highest BCUT2D eigenvalue weighted by atomic mass is 16.5. The summed E-state index contributed by atoms with van der Waals surface area (Å²) in [5, 5.41) is 14.1. The van der Waals surface area contributed by atoms with Crippen molar-refractivity contribution in [2.45, 2.75) is 45.1 Å². The molecule has 204 valence electrons. The molecule has 1 saturated heterocycles. The molecule has 2 aliphatic heterocycles. The lowest BCUT2D eigenvalue weighted by atomic mass is 10.0. The van der Waals surface area contributed by atoms with E-state index in [2.05, 4.69) is 33.4 Å². The molecule has 1 atom stereocenters. The second-order valence-corrected chi connectivity index (χ2v) is 9.92. The zero-order chi connectivity index (χ0) is 28.1. The van der Waals surface area contributed by atoms with E-state index in [1.54, 1.807) is 25.4 Å². The van der Waals surface area contributed by atoms with E-state index in [1.807, 2.05) is 19.2 Å². The Morgan fingerprint density at radius 1 is 1.32 bits per heavy atom. The maximum Gasteiger partial charge on any atom is 0.302 e. The molecule has 0 spiro atoms. The average Bonchev–Trinajstić information content (AvgIpc) is 3.49. The number of hydrogen-bond donors (Lipinski definition) is 1. The molecule has 0 radical (unpaired) electrons. The lowest BCUT2D eigenvalue weighted by molar-refractivity contribution is -0.113. The van der Waals surface area contributed by atoms with Gasteiger partial charge < -0.3 is 24.4 Å². The largest absolute Gasteiger partial charge is 0.492 e. The molecule has 9 nitrogen and oxygen atoms in total. The van der Waals surface area contributed by atoms with Crippen LogP contribution in [-0.4, -0.2) is 49.6 Å². The van der Waals surface area contributed by atoms with Crippen LogP contribution in [-0.2, 0) is 14.3 Å². The van der Waals surface area contributed by atoms with Crippen LogP contribution in [0.15, 0.2) is 58.7 Å². The van der Waals surface area contributed by atoms with Gasteiger partial charge in [-0.25, -0.2) is 0 Å². The van der Waals surface area contributed by atoms with Gasteiger partial charge in [-0.1, -0.05) is 6.08 Å². The Kier molecular flexibility index (Phi) is 8.14. The predicted octanol–water partition coefficient (Wildman–Crippen LogP) is 5.00. The fourth-order valence-corrected chi connectivity index (χ4v) is 4.91. The summed E-state index contributed by atoms with van der Waals surface area (Å²) in [6, 6.07) is 5.82. The molecule has 1 aromatic heterocycles. The Balaban J connectivity index is 1.48. The summed E-state index contributed by atoms with van der Waals surface area (Å²) in [4.78, 5) is 22.8. The van der Waals surface area contributed by atoms with Crippen molar-refractivity contribution in [3.05, 3.63) is 59.3 Å². The molecule has 1 fully saturated rings. The van der Waals surface area contributed by atoms with Crippen molar-refractivity contribution in [3.63, 3.8) is 0 Å². The first-order valence-corrected chi connectivity index (χ1v) is 13.3. The van der Waals surface area contributed by atoms with E-state index in [0.29, 0.717) is 59.8 Å². The fourth-order valence-electron chi connectivity index (χ4n) is 4.91. The van der Waals surface area contributed by atoms with Crippen molar-refractivity contribution in [2.24, 2.45) is 4.99 Å². The lowest BCUT2D eigenvalue weighted by Crippen LogP contribution is -2.26. The molecule has 1 aromatic carbocycles. The highest BCUT2D eigenvalue weighted by molar-refractivity contribution is 6.08. The highest BCUT2D eigenvalue weighted by Crippen LogP contribution is 2.38. The van der Waals surface area contributed by atoms with Gasteiger partial charge in [0, 0.05) is 49.4 Å². The maximum atomic E-state index is 12.5. The van der Waals surface area contributed by atoms with Crippen LogP contribution in [0.5, 0.6) is 5.75 Å². The number of rotatable bonds is 8. The van der Waals surface area contributed by atoms with E-state index in [9.17, 15) is 10.1 Å². The van der Waals surface area contributed by atoms with Gasteiger partial charge in [0.05, 0.1) is 47.1 Å². The Labute approximate surface area is 233 Å². The molecule has 1 unspecified atom stereocenters. The van der Waals surface area contributed by atoms with Crippen LogP contribution in [0.4, 0.5) is 11.4 Å². The van der Waals surface area contributed by atoms with E-state index < -0.39 is 5.91 Å². The third-order valence-corrected chi connectivity index (χ3v) is 7.15. The first kappa shape index (κ1) is 27.0. The number of amides is 1. The molecule has 40 heavy (non-hydrogen) atoms. The van der Waals surface area contributed by atoms with Crippen LogP contribution in [0.2, 0.25) is 0 Å². The quantitative estimate of drug-likeness (QED) is 0.472. The number of carbonyl (C=O) groups excluding carboxylic acids is 1. The minimum atomic E-state index is -0.510. The Morgan fingerprint density at radius 2 is 2.20 bits per heavy atom. The number of hydrogen-bond acceptors (Lipinski definition) is 8. The number of ether oxygens (including phenoxy) is 3. The van der Waals surface area contributed by atoms with Gasteiger partial charge in [0.25, 0.3) is 0 Å². The Hall–Kier alpha value is -4.60. The number of allylic oxidation sites excluding steroid dienone is 5. The van der Waals surface area contributed by atoms with E-state index >= 15 is 0 Å². The van der Waals surface area contributed by atoms with Gasteiger partial charge in [0.2, 0.25) is 0 Å². The predicted molar refractivity (Wildman–Crippen MR) is 154 cm³/mol. The van der Waals surface area contributed by atoms with Gasteiger partial charge in [-0.3, -0.25) is 14.8 Å². The number of anilines is 2. The number of nitrogens with one attached hydrogen (secondary N) is 1. The molecule has 1 aliphatic carbocycles. The van der Waals surface area contributed by atoms with E-state index in [4.69, 9.17) is 20.6 Å². The minimum absolute atomic E-state index is 0.137. The molecule has 1 amide bonds. The summed E-state index contributed by atoms with van der Waals surface area (Å²) < 4.78 is 17.8. The van der Waals surface area contributed by atoms with Crippen LogP contribution in [0.3, 0.4) is 0 Å². The minimum Gasteiger partial charge on any atom is -0.492 e. The van der Waals surface area contributed by atoms with E-state index in [0.717, 1.165) is 48.4 Å². The van der Waals surface area contributed by atoms with Crippen LogP contribution in [0.1, 0.15) is 44.6 Å². The standard InChI is InChI=1S/C31H31N5O4/c1-4-30(37)36(3)27-14-25-26(15-29(27)40-24-10-12-38-19-24)34-17-21(16-32)31(25)35-22-8-9-28(20(2)13-22)39-18-23-7-5-6-11-33-23/h1,6,11,13-15,17,24H,5,7-10,12,18-19H2,2-3H3,(H,34,35). The molecule has 9 heteroatoms. The van der Waals surface area contributed by atoms with Crippen molar-refractivity contribution < 1.29 is 19.0 Å². The number of aromatic nitrogens is 1. The third kappa shape index (κ3) is 5.85.